The molecule has 0 N–H and O–H groups in total. The fourth-order valence-corrected chi connectivity index (χ4v) is 1.47. The average Bonchev–Trinajstić information content (AvgIpc) is 2.30. The van der Waals surface area contributed by atoms with Crippen molar-refractivity contribution in [2.24, 2.45) is 0 Å². The standard InChI is InChI=1S/C13H12N/c1-11(12-5-3-2-4-6-12)13-7-9-14-10-8-13/h2-11H,1H2. The Morgan fingerprint density at radius 3 is 2.07 bits per heavy atom. The Hall–Kier alpha value is -1.63. The van der Waals surface area contributed by atoms with Crippen LogP contribution in [-0.2, 0) is 0 Å². The molecule has 69 valence electrons. The van der Waals surface area contributed by atoms with Crippen LogP contribution in [0.15, 0.2) is 54.9 Å². The molecule has 2 rings (SSSR count). The highest BCUT2D eigenvalue weighted by Gasteiger charge is 2.06. The van der Waals surface area contributed by atoms with Crippen LogP contribution >= 0.6 is 0 Å². The summed E-state index contributed by atoms with van der Waals surface area (Å²) in [5.41, 5.74) is 2.44. The van der Waals surface area contributed by atoms with Gasteiger partial charge in [-0.3, -0.25) is 4.98 Å². The van der Waals surface area contributed by atoms with Gasteiger partial charge in [0.25, 0.3) is 0 Å². The summed E-state index contributed by atoms with van der Waals surface area (Å²) in [4.78, 5) is 3.99. The molecule has 0 aliphatic heterocycles. The molecule has 2 aromatic rings. The van der Waals surface area contributed by atoms with Gasteiger partial charge in [-0.05, 0) is 30.2 Å². The first kappa shape index (κ1) is 8.95. The number of aromatic nitrogens is 1. The Kier molecular flexibility index (Phi) is 2.59. The topological polar surface area (TPSA) is 12.9 Å². The molecule has 0 saturated heterocycles. The van der Waals surface area contributed by atoms with Gasteiger partial charge in [0, 0.05) is 18.3 Å². The molecule has 1 aromatic carbocycles. The second-order valence-corrected chi connectivity index (χ2v) is 3.24. The lowest BCUT2D eigenvalue weighted by Gasteiger charge is -2.11. The summed E-state index contributed by atoms with van der Waals surface area (Å²) in [5.74, 6) is 0.194. The van der Waals surface area contributed by atoms with Crippen molar-refractivity contribution >= 4 is 0 Å². The lowest BCUT2D eigenvalue weighted by atomic mass is 9.94. The predicted octanol–water partition coefficient (Wildman–Crippen LogP) is 3.05. The molecule has 0 bridgehead atoms. The zero-order valence-corrected chi connectivity index (χ0v) is 7.93. The van der Waals surface area contributed by atoms with Crippen molar-refractivity contribution in [2.75, 3.05) is 0 Å². The third-order valence-electron chi connectivity index (χ3n) is 2.31. The van der Waals surface area contributed by atoms with Crippen LogP contribution in [0.25, 0.3) is 0 Å². The van der Waals surface area contributed by atoms with E-state index >= 15 is 0 Å². The van der Waals surface area contributed by atoms with Crippen molar-refractivity contribution in [1.29, 1.82) is 0 Å². The lowest BCUT2D eigenvalue weighted by Crippen LogP contribution is -1.95. The van der Waals surface area contributed by atoms with Gasteiger partial charge >= 0.3 is 0 Å². The van der Waals surface area contributed by atoms with Crippen molar-refractivity contribution in [3.8, 4) is 0 Å². The van der Waals surface area contributed by atoms with Crippen LogP contribution < -0.4 is 0 Å². The molecule has 1 heteroatoms. The highest BCUT2D eigenvalue weighted by atomic mass is 14.6. The molecule has 14 heavy (non-hydrogen) atoms. The van der Waals surface area contributed by atoms with Gasteiger partial charge in [-0.2, -0.15) is 0 Å². The zero-order valence-electron chi connectivity index (χ0n) is 7.93. The van der Waals surface area contributed by atoms with Crippen LogP contribution in [0.2, 0.25) is 0 Å². The van der Waals surface area contributed by atoms with E-state index in [0.29, 0.717) is 0 Å². The van der Waals surface area contributed by atoms with Crippen molar-refractivity contribution in [2.45, 2.75) is 5.92 Å². The van der Waals surface area contributed by atoms with Gasteiger partial charge in [0.05, 0.1) is 0 Å². The molecule has 1 nitrogen and oxygen atoms in total. The third-order valence-corrected chi connectivity index (χ3v) is 2.31. The maximum absolute atomic E-state index is 4.15. The Bertz CT molecular complexity index is 341. The van der Waals surface area contributed by atoms with Crippen molar-refractivity contribution < 1.29 is 0 Å². The number of benzene rings is 1. The minimum absolute atomic E-state index is 0.194. The Morgan fingerprint density at radius 1 is 0.857 bits per heavy atom. The molecule has 1 unspecified atom stereocenters. The number of pyridine rings is 1. The fourth-order valence-electron chi connectivity index (χ4n) is 1.47. The van der Waals surface area contributed by atoms with E-state index in [1.165, 1.54) is 11.1 Å². The predicted molar refractivity (Wildman–Crippen MR) is 57.9 cm³/mol. The Morgan fingerprint density at radius 2 is 1.43 bits per heavy atom. The Balaban J connectivity index is 2.30. The molecule has 0 aliphatic rings. The minimum atomic E-state index is 0.194. The summed E-state index contributed by atoms with van der Waals surface area (Å²) < 4.78 is 0. The van der Waals surface area contributed by atoms with Crippen LogP contribution in [0.5, 0.6) is 0 Å². The average molecular weight is 182 g/mol. The van der Waals surface area contributed by atoms with Crippen LogP contribution in [0.1, 0.15) is 17.0 Å². The van der Waals surface area contributed by atoms with E-state index in [1.54, 1.807) is 12.4 Å². The molecule has 0 fully saturated rings. The smallest absolute Gasteiger partial charge is 0.0270 e. The van der Waals surface area contributed by atoms with Gasteiger partial charge in [0.15, 0.2) is 0 Å². The normalized spacial score (nSPS) is 12.4. The number of hydrogen-bond acceptors (Lipinski definition) is 1. The molecule has 1 radical (unpaired) electrons. The van der Waals surface area contributed by atoms with Gasteiger partial charge in [-0.15, -0.1) is 0 Å². The molecule has 0 saturated carbocycles. The SMILES string of the molecule is [CH2]C(c1ccccc1)c1ccncc1. The summed E-state index contributed by atoms with van der Waals surface area (Å²) in [6.07, 6.45) is 3.60. The minimum Gasteiger partial charge on any atom is -0.265 e. The summed E-state index contributed by atoms with van der Waals surface area (Å²) in [5, 5.41) is 0. The molecule has 0 amide bonds. The van der Waals surface area contributed by atoms with Crippen LogP contribution in [-0.4, -0.2) is 4.98 Å². The fraction of sp³-hybridized carbons (Fsp3) is 0.0769. The third kappa shape index (κ3) is 1.82. The summed E-state index contributed by atoms with van der Waals surface area (Å²) >= 11 is 0. The largest absolute Gasteiger partial charge is 0.265 e. The maximum Gasteiger partial charge on any atom is 0.0270 e. The van der Waals surface area contributed by atoms with Gasteiger partial charge in [-0.1, -0.05) is 30.3 Å². The van der Waals surface area contributed by atoms with Crippen molar-refractivity contribution in [3.05, 3.63) is 72.9 Å². The first-order valence-electron chi connectivity index (χ1n) is 4.66. The lowest BCUT2D eigenvalue weighted by molar-refractivity contribution is 1.01. The van der Waals surface area contributed by atoms with Gasteiger partial charge in [0.1, 0.15) is 0 Å². The highest BCUT2D eigenvalue weighted by Crippen LogP contribution is 2.22. The molecular formula is C13H12N. The molecule has 0 spiro atoms. The first-order valence-corrected chi connectivity index (χ1v) is 4.66. The summed E-state index contributed by atoms with van der Waals surface area (Å²) in [7, 11) is 0. The highest BCUT2D eigenvalue weighted by molar-refractivity contribution is 5.31. The van der Waals surface area contributed by atoms with E-state index in [0.717, 1.165) is 0 Å². The zero-order chi connectivity index (χ0) is 9.80. The van der Waals surface area contributed by atoms with Crippen molar-refractivity contribution in [3.63, 3.8) is 0 Å². The van der Waals surface area contributed by atoms with E-state index in [2.05, 4.69) is 24.0 Å². The van der Waals surface area contributed by atoms with Gasteiger partial charge < -0.3 is 0 Å². The second-order valence-electron chi connectivity index (χ2n) is 3.24. The van der Waals surface area contributed by atoms with E-state index in [-0.39, 0.29) is 5.92 Å². The molecule has 0 aliphatic carbocycles. The van der Waals surface area contributed by atoms with Crippen LogP contribution in [0, 0.1) is 6.92 Å². The summed E-state index contributed by atoms with van der Waals surface area (Å²) in [6, 6.07) is 14.3. The number of hydrogen-bond donors (Lipinski definition) is 0. The molecule has 1 atom stereocenters. The molecule has 1 heterocycles. The second kappa shape index (κ2) is 4.05. The van der Waals surface area contributed by atoms with Crippen LogP contribution in [0.4, 0.5) is 0 Å². The monoisotopic (exact) mass is 182 g/mol. The van der Waals surface area contributed by atoms with E-state index < -0.39 is 0 Å². The van der Waals surface area contributed by atoms with E-state index in [9.17, 15) is 0 Å². The van der Waals surface area contributed by atoms with E-state index in [1.807, 2.05) is 30.3 Å². The van der Waals surface area contributed by atoms with Gasteiger partial charge in [-0.25, -0.2) is 0 Å². The van der Waals surface area contributed by atoms with Gasteiger partial charge in [0.2, 0.25) is 0 Å². The quantitative estimate of drug-likeness (QED) is 0.695. The Labute approximate surface area is 84.4 Å². The number of rotatable bonds is 2. The first-order chi connectivity index (χ1) is 6.88. The van der Waals surface area contributed by atoms with E-state index in [4.69, 9.17) is 0 Å². The maximum atomic E-state index is 4.15. The number of nitrogens with zero attached hydrogens (tertiary/aromatic N) is 1. The van der Waals surface area contributed by atoms with Crippen molar-refractivity contribution in [1.82, 2.24) is 4.98 Å². The molecular weight excluding hydrogens is 170 g/mol. The summed E-state index contributed by atoms with van der Waals surface area (Å²) in [6.45, 7) is 4.15. The van der Waals surface area contributed by atoms with Crippen LogP contribution in [0.3, 0.4) is 0 Å². The molecule has 1 aromatic heterocycles.